The van der Waals surface area contributed by atoms with E-state index in [4.69, 9.17) is 11.6 Å². The van der Waals surface area contributed by atoms with Gasteiger partial charge in [-0.3, -0.25) is 0 Å². The Balaban J connectivity index is 4.01. The van der Waals surface area contributed by atoms with Crippen molar-refractivity contribution in [1.29, 1.82) is 0 Å². The van der Waals surface area contributed by atoms with E-state index in [2.05, 4.69) is 4.74 Å². The summed E-state index contributed by atoms with van der Waals surface area (Å²) in [6, 6.07) is 0. The van der Waals surface area contributed by atoms with Gasteiger partial charge >= 0.3 is 5.97 Å². The van der Waals surface area contributed by atoms with Gasteiger partial charge in [-0.15, -0.1) is 0 Å². The van der Waals surface area contributed by atoms with Gasteiger partial charge < -0.3 is 4.74 Å². The second kappa shape index (κ2) is 5.19. The van der Waals surface area contributed by atoms with Crippen LogP contribution in [-0.4, -0.2) is 12.6 Å². The van der Waals surface area contributed by atoms with E-state index in [1.165, 1.54) is 0 Å². The van der Waals surface area contributed by atoms with Crippen LogP contribution in [0.1, 0.15) is 20.8 Å². The number of carbonyl (C=O) groups excluding carboxylic acids is 1. The van der Waals surface area contributed by atoms with E-state index in [1.54, 1.807) is 13.0 Å². The van der Waals surface area contributed by atoms with Gasteiger partial charge in [-0.1, -0.05) is 31.5 Å². The molecule has 11 heavy (non-hydrogen) atoms. The lowest BCUT2D eigenvalue weighted by atomic mass is 10.2. The number of hydrogen-bond donors (Lipinski definition) is 0. The smallest absolute Gasteiger partial charge is 0.349 e. The zero-order valence-electron chi connectivity index (χ0n) is 7.06. The summed E-state index contributed by atoms with van der Waals surface area (Å²) < 4.78 is 4.67. The van der Waals surface area contributed by atoms with Crippen molar-refractivity contribution in [2.45, 2.75) is 20.8 Å². The maximum atomic E-state index is 10.9. The summed E-state index contributed by atoms with van der Waals surface area (Å²) in [4.78, 5) is 10.9. The first-order valence-corrected chi connectivity index (χ1v) is 4.00. The van der Waals surface area contributed by atoms with Crippen LogP contribution in [0.5, 0.6) is 0 Å². The lowest BCUT2D eigenvalue weighted by Gasteiger charge is -2.00. The fourth-order valence-corrected chi connectivity index (χ4v) is 0.867. The largest absolute Gasteiger partial charge is 0.462 e. The highest BCUT2D eigenvalue weighted by atomic mass is 35.5. The number of hydrogen-bond acceptors (Lipinski definition) is 2. The van der Waals surface area contributed by atoms with Gasteiger partial charge in [-0.05, 0) is 12.8 Å². The molecule has 0 radical (unpaired) electrons. The van der Waals surface area contributed by atoms with Gasteiger partial charge in [0.25, 0.3) is 0 Å². The second-order valence-corrected chi connectivity index (χ2v) is 2.89. The van der Waals surface area contributed by atoms with Crippen molar-refractivity contribution in [1.82, 2.24) is 0 Å². The van der Waals surface area contributed by atoms with E-state index >= 15 is 0 Å². The molecular weight excluding hydrogens is 164 g/mol. The van der Waals surface area contributed by atoms with Gasteiger partial charge in [-0.2, -0.15) is 0 Å². The van der Waals surface area contributed by atoms with Gasteiger partial charge in [0, 0.05) is 0 Å². The third-order valence-electron chi connectivity index (χ3n) is 0.950. The highest BCUT2D eigenvalue weighted by Crippen LogP contribution is 2.08. The minimum Gasteiger partial charge on any atom is -0.462 e. The Labute approximate surface area is 72.2 Å². The molecule has 0 amide bonds. The Morgan fingerprint density at radius 3 is 2.55 bits per heavy atom. The molecule has 0 saturated heterocycles. The van der Waals surface area contributed by atoms with Crippen LogP contribution in [0.15, 0.2) is 11.1 Å². The van der Waals surface area contributed by atoms with Gasteiger partial charge in [0.05, 0.1) is 6.61 Å². The van der Waals surface area contributed by atoms with E-state index in [-0.39, 0.29) is 11.0 Å². The van der Waals surface area contributed by atoms with Crippen LogP contribution in [-0.2, 0) is 9.53 Å². The summed E-state index contributed by atoms with van der Waals surface area (Å²) in [6.45, 7) is 6.00. The average Bonchev–Trinajstić information content (AvgIpc) is 1.86. The van der Waals surface area contributed by atoms with Crippen molar-refractivity contribution >= 4 is 17.6 Å². The molecule has 0 unspecified atom stereocenters. The van der Waals surface area contributed by atoms with E-state index < -0.39 is 5.97 Å². The first kappa shape index (κ1) is 10.5. The first-order chi connectivity index (χ1) is 5.07. The molecule has 0 rings (SSSR count). The Morgan fingerprint density at radius 1 is 1.64 bits per heavy atom. The molecule has 0 fully saturated rings. The zero-order chi connectivity index (χ0) is 8.85. The SMILES string of the molecule is CCOC(=O)/C(Cl)=C/C(C)C. The van der Waals surface area contributed by atoms with Gasteiger partial charge in [0.2, 0.25) is 0 Å². The second-order valence-electron chi connectivity index (χ2n) is 2.48. The number of esters is 1. The van der Waals surface area contributed by atoms with Crippen molar-refractivity contribution in [2.75, 3.05) is 6.61 Å². The summed E-state index contributed by atoms with van der Waals surface area (Å²) in [5.41, 5.74) is 0. The third-order valence-corrected chi connectivity index (χ3v) is 1.23. The number of carbonyl (C=O) groups is 1. The maximum absolute atomic E-state index is 10.9. The van der Waals surface area contributed by atoms with Crippen LogP contribution < -0.4 is 0 Å². The van der Waals surface area contributed by atoms with E-state index in [0.717, 1.165) is 0 Å². The van der Waals surface area contributed by atoms with Crippen LogP contribution in [0.3, 0.4) is 0 Å². The Hall–Kier alpha value is -0.500. The molecule has 0 spiro atoms. The molecule has 0 aliphatic heterocycles. The Bertz CT molecular complexity index is 161. The van der Waals surface area contributed by atoms with E-state index in [9.17, 15) is 4.79 Å². The molecule has 0 saturated carbocycles. The quantitative estimate of drug-likeness (QED) is 0.488. The zero-order valence-corrected chi connectivity index (χ0v) is 7.81. The minimum absolute atomic E-state index is 0.168. The van der Waals surface area contributed by atoms with Gasteiger partial charge in [0.1, 0.15) is 5.03 Å². The van der Waals surface area contributed by atoms with E-state index in [1.807, 2.05) is 13.8 Å². The van der Waals surface area contributed by atoms with Gasteiger partial charge in [0.15, 0.2) is 0 Å². The van der Waals surface area contributed by atoms with Crippen molar-refractivity contribution in [2.24, 2.45) is 5.92 Å². The molecule has 0 atom stereocenters. The molecule has 0 aromatic rings. The predicted molar refractivity (Wildman–Crippen MR) is 45.4 cm³/mol. The molecular formula is C8H13ClO2. The van der Waals surface area contributed by atoms with Crippen LogP contribution >= 0.6 is 11.6 Å². The standard InChI is InChI=1S/C8H13ClO2/c1-4-11-8(10)7(9)5-6(2)3/h5-6H,4H2,1-3H3/b7-5-. The van der Waals surface area contributed by atoms with Crippen molar-refractivity contribution in [3.8, 4) is 0 Å². The number of rotatable bonds is 3. The van der Waals surface area contributed by atoms with Gasteiger partial charge in [-0.25, -0.2) is 4.79 Å². The van der Waals surface area contributed by atoms with Crippen LogP contribution in [0, 0.1) is 5.92 Å². The molecule has 0 aromatic carbocycles. The fourth-order valence-electron chi connectivity index (χ4n) is 0.561. The first-order valence-electron chi connectivity index (χ1n) is 3.62. The minimum atomic E-state index is -0.442. The highest BCUT2D eigenvalue weighted by Gasteiger charge is 2.06. The number of ether oxygens (including phenoxy) is 1. The molecule has 0 aliphatic rings. The normalized spacial score (nSPS) is 11.9. The maximum Gasteiger partial charge on any atom is 0.349 e. The molecule has 0 heterocycles. The topological polar surface area (TPSA) is 26.3 Å². The Morgan fingerprint density at radius 2 is 2.18 bits per heavy atom. The molecule has 2 nitrogen and oxygen atoms in total. The summed E-state index contributed by atoms with van der Waals surface area (Å²) in [5.74, 6) is -0.172. The van der Waals surface area contributed by atoms with Crippen molar-refractivity contribution < 1.29 is 9.53 Å². The summed E-state index contributed by atoms with van der Waals surface area (Å²) >= 11 is 5.59. The molecule has 0 N–H and O–H groups in total. The monoisotopic (exact) mass is 176 g/mol. The summed E-state index contributed by atoms with van der Waals surface area (Å²) in [5, 5.41) is 0.168. The third kappa shape index (κ3) is 4.85. The van der Waals surface area contributed by atoms with Crippen LogP contribution in [0.4, 0.5) is 0 Å². The van der Waals surface area contributed by atoms with Crippen LogP contribution in [0.25, 0.3) is 0 Å². The number of allylic oxidation sites excluding steroid dienone is 1. The highest BCUT2D eigenvalue weighted by molar-refractivity contribution is 6.41. The van der Waals surface area contributed by atoms with Crippen molar-refractivity contribution in [3.05, 3.63) is 11.1 Å². The molecule has 3 heteroatoms. The van der Waals surface area contributed by atoms with E-state index in [0.29, 0.717) is 6.61 Å². The lowest BCUT2D eigenvalue weighted by molar-refractivity contribution is -0.137. The average molecular weight is 177 g/mol. The van der Waals surface area contributed by atoms with Crippen molar-refractivity contribution in [3.63, 3.8) is 0 Å². The molecule has 64 valence electrons. The molecule has 0 aromatic heterocycles. The fraction of sp³-hybridized carbons (Fsp3) is 0.625. The number of halogens is 1. The molecule has 0 bridgehead atoms. The summed E-state index contributed by atoms with van der Waals surface area (Å²) in [7, 11) is 0. The lowest BCUT2D eigenvalue weighted by Crippen LogP contribution is -2.04. The predicted octanol–water partition coefficient (Wildman–Crippen LogP) is 2.33. The Kier molecular flexibility index (Phi) is 4.95. The van der Waals surface area contributed by atoms with Crippen LogP contribution in [0.2, 0.25) is 0 Å². The molecule has 0 aliphatic carbocycles. The summed E-state index contributed by atoms with van der Waals surface area (Å²) in [6.07, 6.45) is 1.67.